The first-order chi connectivity index (χ1) is 13.6. The molecule has 1 aliphatic carbocycles. The number of carbonyl (C=O) groups excluding carboxylic acids is 1. The maximum Gasteiger partial charge on any atom is 0.224 e. The molecule has 0 aliphatic heterocycles. The topological polar surface area (TPSA) is 59.3 Å². The smallest absolute Gasteiger partial charge is 0.224 e. The van der Waals surface area contributed by atoms with E-state index in [-0.39, 0.29) is 11.7 Å². The molecule has 1 aromatic carbocycles. The largest absolute Gasteiger partial charge is 0.356 e. The molecule has 28 heavy (non-hydrogen) atoms. The molecule has 2 aromatic heterocycles. The zero-order valence-corrected chi connectivity index (χ0v) is 16.1. The second-order valence-electron chi connectivity index (χ2n) is 7.75. The fraction of sp³-hybridized carbons (Fsp3) is 0.409. The van der Waals surface area contributed by atoms with Gasteiger partial charge in [0.25, 0.3) is 0 Å². The SMILES string of the molecule is Cc1cc2nccc(C3CCC(CNC(=O)Cc4ccc(F)cc4)CC3)n2n1. The minimum absolute atomic E-state index is 0.00316. The van der Waals surface area contributed by atoms with Crippen molar-refractivity contribution in [1.29, 1.82) is 0 Å². The Bertz CT molecular complexity index is 958. The molecule has 1 aliphatic rings. The first-order valence-corrected chi connectivity index (χ1v) is 9.91. The normalized spacial score (nSPS) is 19.6. The van der Waals surface area contributed by atoms with Gasteiger partial charge in [-0.1, -0.05) is 12.1 Å². The highest BCUT2D eigenvalue weighted by atomic mass is 19.1. The van der Waals surface area contributed by atoms with E-state index in [4.69, 9.17) is 0 Å². The Kier molecular flexibility index (Phi) is 5.37. The van der Waals surface area contributed by atoms with Crippen molar-refractivity contribution in [3.8, 4) is 0 Å². The van der Waals surface area contributed by atoms with E-state index < -0.39 is 0 Å². The van der Waals surface area contributed by atoms with Crippen molar-refractivity contribution < 1.29 is 9.18 Å². The number of nitrogens with zero attached hydrogens (tertiary/aromatic N) is 3. The number of carbonyl (C=O) groups is 1. The minimum Gasteiger partial charge on any atom is -0.356 e. The van der Waals surface area contributed by atoms with Gasteiger partial charge in [0.05, 0.1) is 12.1 Å². The van der Waals surface area contributed by atoms with E-state index in [1.54, 1.807) is 12.1 Å². The summed E-state index contributed by atoms with van der Waals surface area (Å²) in [6.07, 6.45) is 6.53. The fourth-order valence-electron chi connectivity index (χ4n) is 4.11. The molecule has 0 radical (unpaired) electrons. The van der Waals surface area contributed by atoms with E-state index in [1.807, 2.05) is 23.7 Å². The summed E-state index contributed by atoms with van der Waals surface area (Å²) in [5.74, 6) is 0.704. The molecule has 0 atom stereocenters. The Hall–Kier alpha value is -2.76. The molecule has 3 aromatic rings. The number of aryl methyl sites for hydroxylation is 1. The van der Waals surface area contributed by atoms with Crippen LogP contribution in [0, 0.1) is 18.7 Å². The van der Waals surface area contributed by atoms with Gasteiger partial charge in [0, 0.05) is 30.4 Å². The van der Waals surface area contributed by atoms with Crippen LogP contribution >= 0.6 is 0 Å². The number of rotatable bonds is 5. The van der Waals surface area contributed by atoms with Gasteiger partial charge in [-0.15, -0.1) is 0 Å². The standard InChI is InChI=1S/C22H25FN4O/c1-15-12-21-24-11-10-20(27(21)26-15)18-6-2-17(3-7-18)14-25-22(28)13-16-4-8-19(23)9-5-16/h4-5,8-12,17-18H,2-3,6-7,13-14H2,1H3,(H,25,28). The fourth-order valence-corrected chi connectivity index (χ4v) is 4.11. The van der Waals surface area contributed by atoms with Crippen molar-refractivity contribution in [2.24, 2.45) is 5.92 Å². The van der Waals surface area contributed by atoms with Gasteiger partial charge in [-0.3, -0.25) is 4.79 Å². The molecule has 0 spiro atoms. The maximum atomic E-state index is 12.9. The molecule has 146 valence electrons. The lowest BCUT2D eigenvalue weighted by atomic mass is 9.80. The highest BCUT2D eigenvalue weighted by Gasteiger charge is 2.24. The van der Waals surface area contributed by atoms with Crippen LogP contribution in [0.1, 0.15) is 48.6 Å². The highest BCUT2D eigenvalue weighted by Crippen LogP contribution is 2.35. The zero-order valence-electron chi connectivity index (χ0n) is 16.1. The van der Waals surface area contributed by atoms with Crippen molar-refractivity contribution in [2.75, 3.05) is 6.54 Å². The van der Waals surface area contributed by atoms with Gasteiger partial charge in [0.15, 0.2) is 5.65 Å². The van der Waals surface area contributed by atoms with Crippen LogP contribution in [0.5, 0.6) is 0 Å². The highest BCUT2D eigenvalue weighted by molar-refractivity contribution is 5.78. The Morgan fingerprint density at radius 3 is 2.68 bits per heavy atom. The average Bonchev–Trinajstić information content (AvgIpc) is 3.09. The Morgan fingerprint density at radius 2 is 1.93 bits per heavy atom. The molecule has 0 saturated heterocycles. The molecule has 1 fully saturated rings. The number of amides is 1. The number of fused-ring (bicyclic) bond motifs is 1. The number of halogens is 1. The molecule has 2 heterocycles. The monoisotopic (exact) mass is 380 g/mol. The zero-order chi connectivity index (χ0) is 19.5. The third-order valence-corrected chi connectivity index (χ3v) is 5.64. The summed E-state index contributed by atoms with van der Waals surface area (Å²) in [4.78, 5) is 16.5. The van der Waals surface area contributed by atoms with Crippen LogP contribution in [-0.4, -0.2) is 27.0 Å². The molecule has 1 amide bonds. The van der Waals surface area contributed by atoms with Crippen molar-refractivity contribution >= 4 is 11.6 Å². The van der Waals surface area contributed by atoms with Crippen molar-refractivity contribution in [3.05, 3.63) is 65.4 Å². The predicted molar refractivity (Wildman–Crippen MR) is 106 cm³/mol. The van der Waals surface area contributed by atoms with E-state index in [9.17, 15) is 9.18 Å². The molecular weight excluding hydrogens is 355 g/mol. The Labute approximate surface area is 164 Å². The summed E-state index contributed by atoms with van der Waals surface area (Å²) < 4.78 is 14.9. The lowest BCUT2D eigenvalue weighted by molar-refractivity contribution is -0.120. The average molecular weight is 380 g/mol. The number of aromatic nitrogens is 3. The Morgan fingerprint density at radius 1 is 1.18 bits per heavy atom. The van der Waals surface area contributed by atoms with Crippen LogP contribution in [-0.2, 0) is 11.2 Å². The third kappa shape index (κ3) is 4.21. The van der Waals surface area contributed by atoms with Crippen LogP contribution in [0.3, 0.4) is 0 Å². The first-order valence-electron chi connectivity index (χ1n) is 9.91. The summed E-state index contributed by atoms with van der Waals surface area (Å²) >= 11 is 0. The quantitative estimate of drug-likeness (QED) is 0.732. The number of hydrogen-bond acceptors (Lipinski definition) is 3. The molecular formula is C22H25FN4O. The van der Waals surface area contributed by atoms with Gasteiger partial charge in [-0.05, 0) is 62.3 Å². The van der Waals surface area contributed by atoms with Crippen LogP contribution in [0.4, 0.5) is 4.39 Å². The molecule has 1 saturated carbocycles. The van der Waals surface area contributed by atoms with Gasteiger partial charge in [0.1, 0.15) is 5.82 Å². The third-order valence-electron chi connectivity index (χ3n) is 5.64. The Balaban J connectivity index is 1.28. The van der Waals surface area contributed by atoms with Gasteiger partial charge < -0.3 is 5.32 Å². The van der Waals surface area contributed by atoms with Gasteiger partial charge in [-0.2, -0.15) is 5.10 Å². The molecule has 0 bridgehead atoms. The predicted octanol–water partition coefficient (Wildman–Crippen LogP) is 3.81. The number of hydrogen-bond donors (Lipinski definition) is 1. The molecule has 0 unspecified atom stereocenters. The summed E-state index contributed by atoms with van der Waals surface area (Å²) in [6, 6.07) is 10.2. The molecule has 1 N–H and O–H groups in total. The second kappa shape index (κ2) is 8.09. The van der Waals surface area contributed by atoms with E-state index in [2.05, 4.69) is 21.5 Å². The van der Waals surface area contributed by atoms with Gasteiger partial charge >= 0.3 is 0 Å². The second-order valence-corrected chi connectivity index (χ2v) is 7.75. The summed E-state index contributed by atoms with van der Waals surface area (Å²) in [5.41, 5.74) is 3.96. The summed E-state index contributed by atoms with van der Waals surface area (Å²) in [5, 5.41) is 7.63. The van der Waals surface area contributed by atoms with Crippen molar-refractivity contribution in [2.45, 2.75) is 44.9 Å². The van der Waals surface area contributed by atoms with Crippen LogP contribution in [0.25, 0.3) is 5.65 Å². The number of nitrogens with one attached hydrogen (secondary N) is 1. The van der Waals surface area contributed by atoms with Crippen LogP contribution in [0.15, 0.2) is 42.6 Å². The molecule has 6 heteroatoms. The minimum atomic E-state index is -0.280. The van der Waals surface area contributed by atoms with Crippen molar-refractivity contribution in [1.82, 2.24) is 19.9 Å². The van der Waals surface area contributed by atoms with Crippen LogP contribution < -0.4 is 5.32 Å². The summed E-state index contributed by atoms with van der Waals surface area (Å²) in [6.45, 7) is 2.70. The lowest BCUT2D eigenvalue weighted by Crippen LogP contribution is -2.32. The van der Waals surface area contributed by atoms with Crippen molar-refractivity contribution in [3.63, 3.8) is 0 Å². The lowest BCUT2D eigenvalue weighted by Gasteiger charge is -2.29. The van der Waals surface area contributed by atoms with Crippen LogP contribution in [0.2, 0.25) is 0 Å². The van der Waals surface area contributed by atoms with Gasteiger partial charge in [0.2, 0.25) is 5.91 Å². The van der Waals surface area contributed by atoms with E-state index in [0.717, 1.165) is 42.6 Å². The first kappa shape index (κ1) is 18.6. The molecule has 5 nitrogen and oxygen atoms in total. The maximum absolute atomic E-state index is 12.9. The van der Waals surface area contributed by atoms with E-state index in [0.29, 0.717) is 24.8 Å². The van der Waals surface area contributed by atoms with Gasteiger partial charge in [-0.25, -0.2) is 13.9 Å². The summed E-state index contributed by atoms with van der Waals surface area (Å²) in [7, 11) is 0. The van der Waals surface area contributed by atoms with E-state index >= 15 is 0 Å². The number of benzene rings is 1. The molecule has 4 rings (SSSR count). The van der Waals surface area contributed by atoms with E-state index in [1.165, 1.54) is 17.8 Å².